The summed E-state index contributed by atoms with van der Waals surface area (Å²) in [7, 11) is 3.26. The van der Waals surface area contributed by atoms with E-state index in [1.165, 1.54) is 0 Å². The van der Waals surface area contributed by atoms with Crippen molar-refractivity contribution >= 4 is 17.9 Å². The third kappa shape index (κ3) is 7.25. The van der Waals surface area contributed by atoms with E-state index in [1.54, 1.807) is 14.2 Å². The molecule has 1 amide bonds. The molecule has 0 radical (unpaired) electrons. The Hall–Kier alpha value is -4.01. The molecule has 1 unspecified atom stereocenters. The molecule has 0 bridgehead atoms. The van der Waals surface area contributed by atoms with E-state index in [2.05, 4.69) is 20.6 Å². The lowest BCUT2D eigenvalue weighted by Crippen LogP contribution is -2.47. The van der Waals surface area contributed by atoms with Gasteiger partial charge in [-0.05, 0) is 43.9 Å². The van der Waals surface area contributed by atoms with E-state index in [9.17, 15) is 4.79 Å². The minimum atomic E-state index is -0.273. The Morgan fingerprint density at radius 2 is 1.86 bits per heavy atom. The van der Waals surface area contributed by atoms with E-state index >= 15 is 0 Å². The molecule has 2 aromatic carbocycles. The van der Waals surface area contributed by atoms with Crippen LogP contribution in [0, 0.1) is 6.92 Å². The van der Waals surface area contributed by atoms with Gasteiger partial charge in [0.25, 0.3) is 0 Å². The molecule has 1 fully saturated rings. The monoisotopic (exact) mass is 505 g/mol. The summed E-state index contributed by atoms with van der Waals surface area (Å²) in [6.45, 7) is 3.98. The molecule has 0 saturated carbocycles. The standard InChI is InChI=1S/C28H35N5O4/c1-20-15-26(32-27(31-20)30-17-22-12-13-24(35-2)16-25(22)36-3)29-18-23-11-7-8-14-33(23)28(34)37-19-21-9-5-4-6-10-21/h4-6,9-10,12-13,15-16,23H,7-8,11,14,17-19H2,1-3H3,(H2,29,30,31,32). The van der Waals surface area contributed by atoms with Gasteiger partial charge in [0.05, 0.1) is 20.3 Å². The van der Waals surface area contributed by atoms with Crippen LogP contribution in [0.15, 0.2) is 54.6 Å². The van der Waals surface area contributed by atoms with Crippen molar-refractivity contribution in [1.82, 2.24) is 14.9 Å². The van der Waals surface area contributed by atoms with Gasteiger partial charge in [-0.25, -0.2) is 9.78 Å². The minimum Gasteiger partial charge on any atom is -0.497 e. The van der Waals surface area contributed by atoms with E-state index in [4.69, 9.17) is 14.2 Å². The maximum atomic E-state index is 12.8. The highest BCUT2D eigenvalue weighted by atomic mass is 16.6. The van der Waals surface area contributed by atoms with Crippen molar-refractivity contribution in [3.8, 4) is 11.5 Å². The fourth-order valence-electron chi connectivity index (χ4n) is 4.39. The molecule has 196 valence electrons. The zero-order valence-corrected chi connectivity index (χ0v) is 21.7. The number of methoxy groups -OCH3 is 2. The molecule has 1 aliphatic heterocycles. The highest BCUT2D eigenvalue weighted by Gasteiger charge is 2.28. The van der Waals surface area contributed by atoms with Gasteiger partial charge in [-0.1, -0.05) is 30.3 Å². The maximum absolute atomic E-state index is 12.8. The molecule has 1 aliphatic rings. The zero-order valence-electron chi connectivity index (χ0n) is 21.7. The molecular weight excluding hydrogens is 470 g/mol. The Morgan fingerprint density at radius 1 is 1.03 bits per heavy atom. The van der Waals surface area contributed by atoms with E-state index in [0.717, 1.165) is 47.6 Å². The fourth-order valence-corrected chi connectivity index (χ4v) is 4.39. The summed E-state index contributed by atoms with van der Waals surface area (Å²) in [6, 6.07) is 17.4. The molecule has 1 aromatic heterocycles. The molecule has 2 heterocycles. The van der Waals surface area contributed by atoms with Crippen LogP contribution in [0.2, 0.25) is 0 Å². The first kappa shape index (κ1) is 26.1. The highest BCUT2D eigenvalue weighted by molar-refractivity contribution is 5.68. The Bertz CT molecular complexity index is 1170. The van der Waals surface area contributed by atoms with E-state index in [1.807, 2.05) is 66.4 Å². The van der Waals surface area contributed by atoms with Crippen LogP contribution in [0.1, 0.15) is 36.1 Å². The summed E-state index contributed by atoms with van der Waals surface area (Å²) in [6.07, 6.45) is 2.70. The fraction of sp³-hybridized carbons (Fsp3) is 0.393. The summed E-state index contributed by atoms with van der Waals surface area (Å²) >= 11 is 0. The van der Waals surface area contributed by atoms with Crippen molar-refractivity contribution in [3.63, 3.8) is 0 Å². The van der Waals surface area contributed by atoms with Gasteiger partial charge >= 0.3 is 6.09 Å². The average Bonchev–Trinajstić information content (AvgIpc) is 2.94. The highest BCUT2D eigenvalue weighted by Crippen LogP contribution is 2.25. The van der Waals surface area contributed by atoms with Gasteiger partial charge in [-0.15, -0.1) is 0 Å². The zero-order chi connectivity index (χ0) is 26.0. The van der Waals surface area contributed by atoms with Gasteiger partial charge in [0.2, 0.25) is 5.95 Å². The molecule has 4 rings (SSSR count). The number of likely N-dealkylation sites (tertiary alicyclic amines) is 1. The molecule has 3 aromatic rings. The van der Waals surface area contributed by atoms with Gasteiger partial charge in [-0.2, -0.15) is 4.98 Å². The molecule has 0 spiro atoms. The number of anilines is 2. The van der Waals surface area contributed by atoms with Crippen LogP contribution in [-0.2, 0) is 17.9 Å². The van der Waals surface area contributed by atoms with Crippen LogP contribution in [0.4, 0.5) is 16.6 Å². The van der Waals surface area contributed by atoms with Gasteiger partial charge < -0.3 is 29.7 Å². The number of carbonyl (C=O) groups is 1. The molecule has 0 aliphatic carbocycles. The van der Waals surface area contributed by atoms with Crippen LogP contribution in [0.5, 0.6) is 11.5 Å². The van der Waals surface area contributed by atoms with Crippen LogP contribution in [0.25, 0.3) is 0 Å². The van der Waals surface area contributed by atoms with Crippen LogP contribution < -0.4 is 20.1 Å². The van der Waals surface area contributed by atoms with Gasteiger partial charge in [0, 0.05) is 43.0 Å². The molecule has 37 heavy (non-hydrogen) atoms. The molecule has 2 N–H and O–H groups in total. The maximum Gasteiger partial charge on any atom is 0.410 e. The second-order valence-electron chi connectivity index (χ2n) is 9.01. The third-order valence-electron chi connectivity index (χ3n) is 6.37. The normalized spacial score (nSPS) is 15.1. The van der Waals surface area contributed by atoms with Crippen molar-refractivity contribution in [3.05, 3.63) is 71.4 Å². The average molecular weight is 506 g/mol. The quantitative estimate of drug-likeness (QED) is 0.397. The van der Waals surface area contributed by atoms with Crippen molar-refractivity contribution in [2.45, 2.75) is 45.4 Å². The van der Waals surface area contributed by atoms with E-state index in [-0.39, 0.29) is 18.7 Å². The molecular formula is C28H35N5O4. The Kier molecular flexibility index (Phi) is 9.02. The Balaban J connectivity index is 1.35. The summed E-state index contributed by atoms with van der Waals surface area (Å²) in [5.74, 6) is 2.69. The lowest BCUT2D eigenvalue weighted by atomic mass is 10.0. The second kappa shape index (κ2) is 12.8. The number of carbonyl (C=O) groups excluding carboxylic acids is 1. The Labute approximate surface area is 218 Å². The summed E-state index contributed by atoms with van der Waals surface area (Å²) in [5.41, 5.74) is 2.78. The number of nitrogens with zero attached hydrogens (tertiary/aromatic N) is 3. The number of piperidine rings is 1. The third-order valence-corrected chi connectivity index (χ3v) is 6.37. The molecule has 9 nitrogen and oxygen atoms in total. The topological polar surface area (TPSA) is 97.8 Å². The summed E-state index contributed by atoms with van der Waals surface area (Å²) in [5, 5.41) is 6.69. The number of aryl methyl sites for hydroxylation is 1. The predicted molar refractivity (Wildman–Crippen MR) is 143 cm³/mol. The van der Waals surface area contributed by atoms with Crippen LogP contribution >= 0.6 is 0 Å². The number of aromatic nitrogens is 2. The van der Waals surface area contributed by atoms with Crippen molar-refractivity contribution in [2.75, 3.05) is 37.9 Å². The Morgan fingerprint density at radius 3 is 2.65 bits per heavy atom. The number of benzene rings is 2. The largest absolute Gasteiger partial charge is 0.497 e. The molecule has 1 saturated heterocycles. The molecule has 9 heteroatoms. The molecule has 1 atom stereocenters. The lowest BCUT2D eigenvalue weighted by molar-refractivity contribution is 0.0708. The summed E-state index contributed by atoms with van der Waals surface area (Å²) in [4.78, 5) is 23.8. The van der Waals surface area contributed by atoms with Crippen molar-refractivity contribution in [1.29, 1.82) is 0 Å². The van der Waals surface area contributed by atoms with E-state index < -0.39 is 0 Å². The van der Waals surface area contributed by atoms with Crippen LogP contribution in [-0.4, -0.2) is 54.3 Å². The number of hydrogen-bond donors (Lipinski definition) is 2. The van der Waals surface area contributed by atoms with Gasteiger partial charge in [0.15, 0.2) is 0 Å². The first-order valence-corrected chi connectivity index (χ1v) is 12.6. The van der Waals surface area contributed by atoms with Gasteiger partial charge in [0.1, 0.15) is 23.9 Å². The predicted octanol–water partition coefficient (Wildman–Crippen LogP) is 5.02. The SMILES string of the molecule is COc1ccc(CNc2nc(C)cc(NCC3CCCCN3C(=O)OCc3ccccc3)n2)c(OC)c1. The lowest BCUT2D eigenvalue weighted by Gasteiger charge is -2.35. The minimum absolute atomic E-state index is 0.0345. The first-order valence-electron chi connectivity index (χ1n) is 12.6. The van der Waals surface area contributed by atoms with Crippen molar-refractivity contribution in [2.24, 2.45) is 0 Å². The first-order chi connectivity index (χ1) is 18.1. The second-order valence-corrected chi connectivity index (χ2v) is 9.01. The number of amides is 1. The van der Waals surface area contributed by atoms with Gasteiger partial charge in [-0.3, -0.25) is 0 Å². The van der Waals surface area contributed by atoms with E-state index in [0.29, 0.717) is 31.4 Å². The number of ether oxygens (including phenoxy) is 3. The van der Waals surface area contributed by atoms with Crippen molar-refractivity contribution < 1.29 is 19.0 Å². The number of nitrogens with one attached hydrogen (secondary N) is 2. The summed E-state index contributed by atoms with van der Waals surface area (Å²) < 4.78 is 16.4. The number of hydrogen-bond acceptors (Lipinski definition) is 8. The number of rotatable bonds is 10. The van der Waals surface area contributed by atoms with Crippen LogP contribution in [0.3, 0.4) is 0 Å². The smallest absolute Gasteiger partial charge is 0.410 e.